The van der Waals surface area contributed by atoms with Crippen molar-refractivity contribution in [1.82, 2.24) is 0 Å². The number of hydrogen-bond donors (Lipinski definition) is 0. The third-order valence-corrected chi connectivity index (χ3v) is 3.29. The molecule has 0 saturated heterocycles. The summed E-state index contributed by atoms with van der Waals surface area (Å²) in [5.41, 5.74) is -12.0. The van der Waals surface area contributed by atoms with Crippen molar-refractivity contribution in [2.75, 3.05) is 0 Å². The minimum Gasteiger partial charge on any atom is -0.214 e. The fraction of sp³-hybridized carbons (Fsp3) is 0.400. The third-order valence-electron chi connectivity index (χ3n) is 3.29. The average Bonchev–Trinajstić information content (AvgIpc) is 3.01. The molecule has 0 fully saturated rings. The van der Waals surface area contributed by atoms with Gasteiger partial charge in [0, 0.05) is 27.9 Å². The molecule has 0 aliphatic heterocycles. The van der Waals surface area contributed by atoms with Crippen LogP contribution in [0.25, 0.3) is 0 Å². The molecule has 1 aromatic carbocycles. The summed E-state index contributed by atoms with van der Waals surface area (Å²) in [5, 5.41) is 0. The summed E-state index contributed by atoms with van der Waals surface area (Å²) in [5.74, 6) is 0. The summed E-state index contributed by atoms with van der Waals surface area (Å²) in [7, 11) is 0. The van der Waals surface area contributed by atoms with Crippen molar-refractivity contribution in [3.63, 3.8) is 0 Å². The van der Waals surface area contributed by atoms with Crippen molar-refractivity contribution in [1.29, 1.82) is 0 Å². The van der Waals surface area contributed by atoms with E-state index < -0.39 is 59.8 Å². The van der Waals surface area contributed by atoms with Gasteiger partial charge in [0.1, 0.15) is 0 Å². The van der Waals surface area contributed by atoms with Crippen molar-refractivity contribution in [3.05, 3.63) is 52.6 Å². The zero-order chi connectivity index (χ0) is 21.3. The number of hydrogen-bond acceptors (Lipinski definition) is 0. The molecular weight excluding hydrogens is 467 g/mol. The van der Waals surface area contributed by atoms with Gasteiger partial charge in [-0.2, -0.15) is 70.9 Å². The van der Waals surface area contributed by atoms with Gasteiger partial charge in [0.25, 0.3) is 0 Å². The SMILES string of the molecule is FC(F)(F)C1=C(C(F)(F)F)C(C(F)(F)F)=C(C(F)(F)F)CC1.[Co].c1cc[cH-]c1. The monoisotopic (exact) mass is 476 g/mol. The maximum absolute atomic E-state index is 12.6. The Labute approximate surface area is 160 Å². The summed E-state index contributed by atoms with van der Waals surface area (Å²) in [6, 6.07) is 10.0. The topological polar surface area (TPSA) is 0 Å². The van der Waals surface area contributed by atoms with E-state index in [1.165, 1.54) is 0 Å². The first kappa shape index (κ1) is 26.5. The van der Waals surface area contributed by atoms with Gasteiger partial charge < -0.3 is 0 Å². The van der Waals surface area contributed by atoms with Crippen LogP contribution < -0.4 is 0 Å². The maximum atomic E-state index is 12.6. The fourth-order valence-electron chi connectivity index (χ4n) is 2.32. The molecule has 1 aliphatic rings. The van der Waals surface area contributed by atoms with Crippen LogP contribution in [0.15, 0.2) is 52.6 Å². The van der Waals surface area contributed by atoms with Gasteiger partial charge >= 0.3 is 24.7 Å². The molecule has 0 atom stereocenters. The van der Waals surface area contributed by atoms with E-state index in [4.69, 9.17) is 0 Å². The van der Waals surface area contributed by atoms with Crippen LogP contribution in [0.1, 0.15) is 12.8 Å². The summed E-state index contributed by atoms with van der Waals surface area (Å²) in [6.45, 7) is 0. The van der Waals surface area contributed by atoms with E-state index in [9.17, 15) is 52.7 Å². The minimum atomic E-state index is -6.24. The molecule has 0 N–H and O–H groups in total. The molecule has 0 saturated carbocycles. The van der Waals surface area contributed by atoms with Gasteiger partial charge in [-0.05, 0) is 12.8 Å². The van der Waals surface area contributed by atoms with E-state index in [2.05, 4.69) is 0 Å². The van der Waals surface area contributed by atoms with E-state index in [1.54, 1.807) is 0 Å². The van der Waals surface area contributed by atoms with Crippen LogP contribution in [0.4, 0.5) is 52.7 Å². The number of alkyl halides is 12. The average molecular weight is 476 g/mol. The molecule has 0 unspecified atom stereocenters. The van der Waals surface area contributed by atoms with Gasteiger partial charge in [-0.3, -0.25) is 0 Å². The second kappa shape index (κ2) is 8.89. The second-order valence-corrected chi connectivity index (χ2v) is 5.16. The van der Waals surface area contributed by atoms with Crippen molar-refractivity contribution < 1.29 is 69.5 Å². The first-order valence-corrected chi connectivity index (χ1v) is 6.89. The Hall–Kier alpha value is -1.50. The number of halogens is 12. The van der Waals surface area contributed by atoms with Crippen molar-refractivity contribution in [2.24, 2.45) is 0 Å². The standard InChI is InChI=1S/C10H4F12.C5H5.Co/c11-7(12,13)3-1-2-4(8(14,15)16)6(10(20,21)22)5(3)9(17,18)19;1-2-4-5-3-1;/h1-2H2;1-5H;/q;-1;. The molecule has 1 aromatic rings. The van der Waals surface area contributed by atoms with Crippen molar-refractivity contribution >= 4 is 0 Å². The first-order chi connectivity index (χ1) is 12.0. The van der Waals surface area contributed by atoms with Crippen LogP contribution in [-0.4, -0.2) is 24.7 Å². The van der Waals surface area contributed by atoms with E-state index in [0.29, 0.717) is 0 Å². The minimum absolute atomic E-state index is 0. The van der Waals surface area contributed by atoms with Crippen LogP contribution in [0.3, 0.4) is 0 Å². The van der Waals surface area contributed by atoms with Gasteiger partial charge in [0.15, 0.2) is 0 Å². The Morgan fingerprint density at radius 3 is 0.964 bits per heavy atom. The summed E-state index contributed by atoms with van der Waals surface area (Å²) >= 11 is 0. The molecule has 163 valence electrons. The molecule has 0 bridgehead atoms. The fourth-order valence-corrected chi connectivity index (χ4v) is 2.32. The molecule has 0 spiro atoms. The van der Waals surface area contributed by atoms with Crippen molar-refractivity contribution in [3.8, 4) is 0 Å². The Bertz CT molecular complexity index is 615. The van der Waals surface area contributed by atoms with Crippen LogP contribution in [-0.2, 0) is 16.8 Å². The van der Waals surface area contributed by atoms with Crippen LogP contribution in [0, 0.1) is 0 Å². The second-order valence-electron chi connectivity index (χ2n) is 5.16. The third kappa shape index (κ3) is 6.83. The number of rotatable bonds is 0. The summed E-state index contributed by atoms with van der Waals surface area (Å²) < 4.78 is 150. The Morgan fingerprint density at radius 1 is 0.536 bits per heavy atom. The molecule has 1 radical (unpaired) electrons. The van der Waals surface area contributed by atoms with Gasteiger partial charge in [0.05, 0.1) is 11.1 Å². The van der Waals surface area contributed by atoms with Crippen molar-refractivity contribution in [2.45, 2.75) is 37.5 Å². The molecule has 0 nitrogen and oxygen atoms in total. The zero-order valence-electron chi connectivity index (χ0n) is 13.2. The largest absolute Gasteiger partial charge is 0.417 e. The number of allylic oxidation sites excluding steroid dienone is 4. The Morgan fingerprint density at radius 2 is 0.821 bits per heavy atom. The van der Waals surface area contributed by atoms with E-state index >= 15 is 0 Å². The van der Waals surface area contributed by atoms with Gasteiger partial charge in [-0.15, -0.1) is 0 Å². The molecule has 28 heavy (non-hydrogen) atoms. The Balaban J connectivity index is 0.00000105. The summed E-state index contributed by atoms with van der Waals surface area (Å²) in [4.78, 5) is 0. The quantitative estimate of drug-likeness (QED) is 0.279. The molecule has 1 aliphatic carbocycles. The Kier molecular flexibility index (Phi) is 8.41. The normalized spacial score (nSPS) is 16.4. The van der Waals surface area contributed by atoms with E-state index in [1.807, 2.05) is 30.3 Å². The molecule has 13 heteroatoms. The molecule has 0 aromatic heterocycles. The van der Waals surface area contributed by atoms with Gasteiger partial charge in [-0.25, -0.2) is 12.1 Å². The maximum Gasteiger partial charge on any atom is 0.417 e. The van der Waals surface area contributed by atoms with Crippen LogP contribution in [0.2, 0.25) is 0 Å². The van der Waals surface area contributed by atoms with Crippen LogP contribution in [0.5, 0.6) is 0 Å². The predicted octanol–water partition coefficient (Wildman–Crippen LogP) is 7.03. The van der Waals surface area contributed by atoms with E-state index in [0.717, 1.165) is 0 Å². The first-order valence-electron chi connectivity index (χ1n) is 6.89. The molecule has 2 rings (SSSR count). The summed E-state index contributed by atoms with van der Waals surface area (Å²) in [6.07, 6.45) is -27.8. The van der Waals surface area contributed by atoms with Gasteiger partial charge in [0.2, 0.25) is 0 Å². The smallest absolute Gasteiger partial charge is 0.214 e. The molecule has 0 amide bonds. The zero-order valence-corrected chi connectivity index (χ0v) is 14.2. The molecule has 0 heterocycles. The van der Waals surface area contributed by atoms with E-state index in [-0.39, 0.29) is 16.8 Å². The van der Waals surface area contributed by atoms with Gasteiger partial charge in [-0.1, -0.05) is 0 Å². The predicted molar refractivity (Wildman–Crippen MR) is 69.5 cm³/mol. The van der Waals surface area contributed by atoms with Crippen LogP contribution >= 0.6 is 0 Å². The molecular formula is C15H9CoF12-.